The topological polar surface area (TPSA) is 62.5 Å². The molecule has 0 saturated carbocycles. The number of amides is 1. The van der Waals surface area contributed by atoms with Crippen LogP contribution in [-0.4, -0.2) is 58.4 Å². The zero-order valence-electron chi connectivity index (χ0n) is 11.7. The second-order valence-electron chi connectivity index (χ2n) is 4.93. The Labute approximate surface area is 124 Å². The largest absolute Gasteiger partial charge is 0.389 e. The lowest BCUT2D eigenvalue weighted by molar-refractivity contribution is 0.0632. The number of hydrogen-bond donors (Lipinski definition) is 1. The molecule has 0 radical (unpaired) electrons. The van der Waals surface area contributed by atoms with E-state index in [2.05, 4.69) is 16.8 Å². The summed E-state index contributed by atoms with van der Waals surface area (Å²) >= 11 is 4.87. The number of thiocarbonyl (C=S) groups is 1. The highest BCUT2D eigenvalue weighted by atomic mass is 32.1. The molecule has 5 nitrogen and oxygen atoms in total. The van der Waals surface area contributed by atoms with Gasteiger partial charge < -0.3 is 10.6 Å². The minimum atomic E-state index is -0.0179. The van der Waals surface area contributed by atoms with Crippen molar-refractivity contribution in [3.63, 3.8) is 0 Å². The van der Waals surface area contributed by atoms with Crippen molar-refractivity contribution in [2.75, 3.05) is 32.7 Å². The lowest BCUT2D eigenvalue weighted by Crippen LogP contribution is -2.48. The first-order valence-electron chi connectivity index (χ1n) is 6.89. The van der Waals surface area contributed by atoms with E-state index in [1.807, 2.05) is 4.90 Å². The Balaban J connectivity index is 1.96. The second kappa shape index (κ2) is 6.76. The first kappa shape index (κ1) is 14.9. The zero-order chi connectivity index (χ0) is 14.5. The number of rotatable bonds is 4. The Morgan fingerprint density at radius 1 is 1.35 bits per heavy atom. The molecule has 1 amide bonds. The third-order valence-corrected chi connectivity index (χ3v) is 3.70. The predicted molar refractivity (Wildman–Crippen MR) is 82.8 cm³/mol. The van der Waals surface area contributed by atoms with Crippen molar-refractivity contribution in [2.24, 2.45) is 5.73 Å². The van der Waals surface area contributed by atoms with Gasteiger partial charge in [0, 0.05) is 37.9 Å². The van der Waals surface area contributed by atoms with Gasteiger partial charge in [0.05, 0.1) is 0 Å². The number of carbonyl (C=O) groups excluding carboxylic acids is 1. The van der Waals surface area contributed by atoms with Crippen LogP contribution in [0.1, 0.15) is 29.4 Å². The molecule has 2 heterocycles. The molecule has 1 aliphatic heterocycles. The van der Waals surface area contributed by atoms with Crippen molar-refractivity contribution in [3.8, 4) is 0 Å². The molecule has 1 aromatic heterocycles. The molecule has 0 bridgehead atoms. The fraction of sp³-hybridized carbons (Fsp3) is 0.500. The summed E-state index contributed by atoms with van der Waals surface area (Å²) in [5.74, 6) is -0.0179. The Bertz CT molecular complexity index is 480. The normalized spacial score (nSPS) is 16.1. The number of aromatic nitrogens is 1. The van der Waals surface area contributed by atoms with Crippen LogP contribution in [0.15, 0.2) is 18.3 Å². The summed E-state index contributed by atoms with van der Waals surface area (Å²) in [7, 11) is 0. The molecule has 2 rings (SSSR count). The van der Waals surface area contributed by atoms with Crippen molar-refractivity contribution in [2.45, 2.75) is 13.3 Å². The van der Waals surface area contributed by atoms with Crippen LogP contribution in [0.5, 0.6) is 0 Å². The van der Waals surface area contributed by atoms with Gasteiger partial charge in [0.15, 0.2) is 0 Å². The van der Waals surface area contributed by atoms with Crippen LogP contribution in [0.2, 0.25) is 0 Å². The minimum Gasteiger partial charge on any atom is -0.389 e. The maximum absolute atomic E-state index is 12.3. The van der Waals surface area contributed by atoms with Crippen LogP contribution in [0.3, 0.4) is 0 Å². The van der Waals surface area contributed by atoms with Gasteiger partial charge in [-0.05, 0) is 25.1 Å². The van der Waals surface area contributed by atoms with E-state index >= 15 is 0 Å². The number of piperazine rings is 1. The number of hydrogen-bond acceptors (Lipinski definition) is 4. The van der Waals surface area contributed by atoms with Crippen LogP contribution in [0.25, 0.3) is 0 Å². The van der Waals surface area contributed by atoms with Gasteiger partial charge in [0.2, 0.25) is 0 Å². The molecule has 1 saturated heterocycles. The van der Waals surface area contributed by atoms with Gasteiger partial charge >= 0.3 is 0 Å². The van der Waals surface area contributed by atoms with E-state index in [0.29, 0.717) is 16.2 Å². The summed E-state index contributed by atoms with van der Waals surface area (Å²) in [5.41, 5.74) is 6.65. The van der Waals surface area contributed by atoms with Crippen molar-refractivity contribution < 1.29 is 4.79 Å². The van der Waals surface area contributed by atoms with Gasteiger partial charge in [0.1, 0.15) is 10.7 Å². The number of nitrogens with two attached hydrogens (primary N) is 1. The fourth-order valence-corrected chi connectivity index (χ4v) is 2.44. The van der Waals surface area contributed by atoms with E-state index in [1.165, 1.54) is 0 Å². The molecule has 1 aromatic rings. The van der Waals surface area contributed by atoms with Crippen molar-refractivity contribution in [3.05, 3.63) is 29.6 Å². The van der Waals surface area contributed by atoms with Crippen LogP contribution >= 0.6 is 12.2 Å². The Morgan fingerprint density at radius 3 is 2.55 bits per heavy atom. The van der Waals surface area contributed by atoms with E-state index in [0.717, 1.165) is 39.1 Å². The maximum Gasteiger partial charge on any atom is 0.272 e. The molecule has 2 N–H and O–H groups in total. The molecular formula is C14H20N4OS. The Kier molecular flexibility index (Phi) is 5.03. The third kappa shape index (κ3) is 3.52. The van der Waals surface area contributed by atoms with Gasteiger partial charge in [-0.1, -0.05) is 19.1 Å². The highest BCUT2D eigenvalue weighted by molar-refractivity contribution is 7.80. The molecule has 0 atom stereocenters. The highest BCUT2D eigenvalue weighted by Gasteiger charge is 2.22. The summed E-state index contributed by atoms with van der Waals surface area (Å²) in [6.07, 6.45) is 2.71. The highest BCUT2D eigenvalue weighted by Crippen LogP contribution is 2.08. The van der Waals surface area contributed by atoms with E-state index in [-0.39, 0.29) is 5.91 Å². The summed E-state index contributed by atoms with van der Waals surface area (Å²) in [4.78, 5) is 21.0. The van der Waals surface area contributed by atoms with E-state index < -0.39 is 0 Å². The monoisotopic (exact) mass is 292 g/mol. The molecular weight excluding hydrogens is 272 g/mol. The second-order valence-corrected chi connectivity index (χ2v) is 5.37. The third-order valence-electron chi connectivity index (χ3n) is 3.47. The number of pyridine rings is 1. The molecule has 20 heavy (non-hydrogen) atoms. The van der Waals surface area contributed by atoms with Gasteiger partial charge in [-0.2, -0.15) is 0 Å². The molecule has 1 fully saturated rings. The summed E-state index contributed by atoms with van der Waals surface area (Å²) in [6.45, 7) is 6.66. The zero-order valence-corrected chi connectivity index (χ0v) is 12.5. The van der Waals surface area contributed by atoms with E-state index in [9.17, 15) is 4.79 Å². The number of nitrogens with zero attached hydrogens (tertiary/aromatic N) is 3. The standard InChI is InChI=1S/C14H20N4OS/c1-2-5-17-6-8-18(9-7-17)14(19)12-4-3-11(10-16-12)13(15)20/h3-4,10H,2,5-9H2,1H3,(H2,15,20). The van der Waals surface area contributed by atoms with E-state index in [1.54, 1.807) is 18.3 Å². The van der Waals surface area contributed by atoms with Crippen LogP contribution < -0.4 is 5.73 Å². The molecule has 1 aliphatic rings. The number of carbonyl (C=O) groups is 1. The molecule has 108 valence electrons. The quantitative estimate of drug-likeness (QED) is 0.835. The lowest BCUT2D eigenvalue weighted by atomic mass is 10.2. The van der Waals surface area contributed by atoms with Gasteiger partial charge in [-0.3, -0.25) is 14.7 Å². The maximum atomic E-state index is 12.3. The van der Waals surface area contributed by atoms with Crippen LogP contribution in [0, 0.1) is 0 Å². The summed E-state index contributed by atoms with van der Waals surface area (Å²) in [5, 5.41) is 0. The van der Waals surface area contributed by atoms with Crippen LogP contribution in [0.4, 0.5) is 0 Å². The molecule has 6 heteroatoms. The fourth-order valence-electron chi connectivity index (χ4n) is 2.32. The van der Waals surface area contributed by atoms with Gasteiger partial charge in [-0.15, -0.1) is 0 Å². The van der Waals surface area contributed by atoms with Gasteiger partial charge in [-0.25, -0.2) is 0 Å². The molecule has 0 unspecified atom stereocenters. The average molecular weight is 292 g/mol. The predicted octanol–water partition coefficient (Wildman–Crippen LogP) is 0.884. The average Bonchev–Trinajstić information content (AvgIpc) is 2.48. The smallest absolute Gasteiger partial charge is 0.272 e. The summed E-state index contributed by atoms with van der Waals surface area (Å²) in [6, 6.07) is 3.44. The first-order valence-corrected chi connectivity index (χ1v) is 7.30. The Hall–Kier alpha value is -1.53. The SMILES string of the molecule is CCCN1CCN(C(=O)c2ccc(C(N)=S)cn2)CC1. The van der Waals surface area contributed by atoms with Crippen molar-refractivity contribution >= 4 is 23.1 Å². The molecule has 0 spiro atoms. The Morgan fingerprint density at radius 2 is 2.05 bits per heavy atom. The lowest BCUT2D eigenvalue weighted by Gasteiger charge is -2.34. The van der Waals surface area contributed by atoms with Crippen molar-refractivity contribution in [1.29, 1.82) is 0 Å². The van der Waals surface area contributed by atoms with Crippen molar-refractivity contribution in [1.82, 2.24) is 14.8 Å². The van der Waals surface area contributed by atoms with Crippen LogP contribution in [-0.2, 0) is 0 Å². The van der Waals surface area contributed by atoms with E-state index in [4.69, 9.17) is 18.0 Å². The minimum absolute atomic E-state index is 0.0179. The molecule has 0 aromatic carbocycles. The first-order chi connectivity index (χ1) is 9.61. The van der Waals surface area contributed by atoms with Gasteiger partial charge in [0.25, 0.3) is 5.91 Å². The molecule has 0 aliphatic carbocycles. The summed E-state index contributed by atoms with van der Waals surface area (Å²) < 4.78 is 0.